The van der Waals surface area contributed by atoms with Crippen LogP contribution in [0.5, 0.6) is 0 Å². The highest BCUT2D eigenvalue weighted by Crippen LogP contribution is 2.39. The Labute approximate surface area is 138 Å². The van der Waals surface area contributed by atoms with Gasteiger partial charge in [-0.15, -0.1) is 0 Å². The van der Waals surface area contributed by atoms with Gasteiger partial charge in [-0.25, -0.2) is 4.39 Å². The second kappa shape index (κ2) is 6.16. The lowest BCUT2D eigenvalue weighted by atomic mass is 10.0. The first-order valence-electron chi connectivity index (χ1n) is 5.03. The van der Waals surface area contributed by atoms with E-state index in [0.717, 1.165) is 14.5 Å². The van der Waals surface area contributed by atoms with Gasteiger partial charge < -0.3 is 0 Å². The molecule has 0 saturated heterocycles. The van der Waals surface area contributed by atoms with Crippen molar-refractivity contribution in [1.29, 1.82) is 0 Å². The topological polar surface area (TPSA) is 0 Å². The molecule has 0 N–H and O–H groups in total. The monoisotopic (exact) mass is 498 g/mol. The first-order chi connectivity index (χ1) is 8.50. The van der Waals surface area contributed by atoms with Crippen molar-refractivity contribution in [3.8, 4) is 0 Å². The molecule has 18 heavy (non-hydrogen) atoms. The zero-order valence-corrected chi connectivity index (χ0v) is 15.3. The van der Waals surface area contributed by atoms with Crippen LogP contribution in [0.25, 0.3) is 0 Å². The summed E-state index contributed by atoms with van der Waals surface area (Å²) >= 11 is 13.7. The summed E-state index contributed by atoms with van der Waals surface area (Å²) in [5.41, 5.74) is 1.57. The molecule has 0 aliphatic rings. The van der Waals surface area contributed by atoms with Gasteiger partial charge in [-0.05, 0) is 45.8 Å². The van der Waals surface area contributed by atoms with Crippen LogP contribution in [0.15, 0.2) is 49.8 Å². The predicted octanol–water partition coefficient (Wildman–Crippen LogP) is 6.60. The van der Waals surface area contributed by atoms with Gasteiger partial charge in [-0.2, -0.15) is 0 Å². The minimum Gasteiger partial charge on any atom is -0.205 e. The highest BCUT2D eigenvalue weighted by atomic mass is 79.9. The summed E-state index contributed by atoms with van der Waals surface area (Å²) in [6.45, 7) is 0. The summed E-state index contributed by atoms with van der Waals surface area (Å²) in [6, 6.07) is 11.1. The normalized spacial score (nSPS) is 12.5. The first kappa shape index (κ1) is 14.7. The van der Waals surface area contributed by atoms with E-state index >= 15 is 0 Å². The fraction of sp³-hybridized carbons (Fsp3) is 0.0769. The second-order valence-corrected chi connectivity index (χ2v) is 7.21. The van der Waals surface area contributed by atoms with Crippen molar-refractivity contribution >= 4 is 63.7 Å². The molecule has 0 aliphatic carbocycles. The highest BCUT2D eigenvalue weighted by Gasteiger charge is 2.18. The molecule has 5 heteroatoms. The molecule has 1 unspecified atom stereocenters. The summed E-state index contributed by atoms with van der Waals surface area (Å²) in [7, 11) is 0. The summed E-state index contributed by atoms with van der Waals surface area (Å²) in [6.07, 6.45) is 0. The average Bonchev–Trinajstić information content (AvgIpc) is 2.35. The average molecular weight is 502 g/mol. The maximum Gasteiger partial charge on any atom is 0.142 e. The molecule has 94 valence electrons. The molecule has 0 heterocycles. The predicted molar refractivity (Wildman–Crippen MR) is 86.7 cm³/mol. The molecule has 1 atom stereocenters. The van der Waals surface area contributed by atoms with Crippen molar-refractivity contribution in [3.63, 3.8) is 0 Å². The molecule has 2 aromatic carbocycles. The Bertz CT molecular complexity index is 581. The van der Waals surface area contributed by atoms with Gasteiger partial charge in [0.05, 0.1) is 9.30 Å². The minimum atomic E-state index is -0.244. The largest absolute Gasteiger partial charge is 0.205 e. The third-order valence-corrected chi connectivity index (χ3v) is 5.30. The molecule has 0 aliphatic heterocycles. The second-order valence-electron chi connectivity index (χ2n) is 3.67. The van der Waals surface area contributed by atoms with Crippen molar-refractivity contribution in [3.05, 3.63) is 66.8 Å². The van der Waals surface area contributed by atoms with E-state index in [-0.39, 0.29) is 10.6 Å². The Hall–Kier alpha value is 0.290. The molecular weight excluding hydrogens is 495 g/mol. The van der Waals surface area contributed by atoms with Crippen LogP contribution in [0.2, 0.25) is 0 Å². The van der Waals surface area contributed by atoms with E-state index in [9.17, 15) is 4.39 Å². The Morgan fingerprint density at radius 2 is 1.61 bits per heavy atom. The lowest BCUT2D eigenvalue weighted by Crippen LogP contribution is -1.98. The molecule has 0 amide bonds. The third-order valence-electron chi connectivity index (χ3n) is 2.49. The van der Waals surface area contributed by atoms with Crippen LogP contribution in [0.4, 0.5) is 4.39 Å². The number of rotatable bonds is 2. The fourth-order valence-electron chi connectivity index (χ4n) is 1.59. The van der Waals surface area contributed by atoms with Crippen LogP contribution in [0, 0.1) is 5.82 Å². The van der Waals surface area contributed by atoms with Crippen molar-refractivity contribution in [1.82, 2.24) is 0 Å². The maximum atomic E-state index is 14.1. The van der Waals surface area contributed by atoms with E-state index in [2.05, 4.69) is 63.7 Å². The number of halogens is 5. The standard InChI is InChI=1S/C13H7Br4F/c14-7-4-5-10(15)9(6-7)12(17)8-2-1-3-11(16)13(8)18/h1-6,12H. The lowest BCUT2D eigenvalue weighted by molar-refractivity contribution is 0.607. The molecule has 0 nitrogen and oxygen atoms in total. The third kappa shape index (κ3) is 3.06. The van der Waals surface area contributed by atoms with Gasteiger partial charge in [0.25, 0.3) is 0 Å². The van der Waals surface area contributed by atoms with Crippen LogP contribution < -0.4 is 0 Å². The van der Waals surface area contributed by atoms with E-state index in [1.165, 1.54) is 0 Å². The molecule has 0 bridgehead atoms. The summed E-state index contributed by atoms with van der Waals surface area (Å²) in [5, 5.41) is 0. The number of benzene rings is 2. The van der Waals surface area contributed by atoms with Crippen LogP contribution >= 0.6 is 63.7 Å². The lowest BCUT2D eigenvalue weighted by Gasteiger charge is -2.14. The molecule has 0 spiro atoms. The van der Waals surface area contributed by atoms with Crippen LogP contribution in [0.3, 0.4) is 0 Å². The van der Waals surface area contributed by atoms with Crippen LogP contribution in [0.1, 0.15) is 16.0 Å². The number of hydrogen-bond acceptors (Lipinski definition) is 0. The minimum absolute atomic E-state index is 0.207. The van der Waals surface area contributed by atoms with E-state index < -0.39 is 0 Å². The van der Waals surface area contributed by atoms with Gasteiger partial charge in [0, 0.05) is 14.5 Å². The Balaban J connectivity index is 2.51. The number of alkyl halides is 1. The van der Waals surface area contributed by atoms with Crippen molar-refractivity contribution in [2.45, 2.75) is 4.83 Å². The summed E-state index contributed by atoms with van der Waals surface area (Å²) in [5.74, 6) is -0.244. The van der Waals surface area contributed by atoms with E-state index in [1.54, 1.807) is 12.1 Å². The van der Waals surface area contributed by atoms with E-state index in [1.807, 2.05) is 24.3 Å². The van der Waals surface area contributed by atoms with E-state index in [0.29, 0.717) is 10.0 Å². The fourth-order valence-corrected chi connectivity index (χ4v) is 3.87. The highest BCUT2D eigenvalue weighted by molar-refractivity contribution is 9.11. The molecule has 0 fully saturated rings. The molecule has 0 saturated carbocycles. The zero-order valence-electron chi connectivity index (χ0n) is 8.93. The first-order valence-corrected chi connectivity index (χ1v) is 8.33. The van der Waals surface area contributed by atoms with Gasteiger partial charge in [0.2, 0.25) is 0 Å². The van der Waals surface area contributed by atoms with Gasteiger partial charge in [-0.1, -0.05) is 59.9 Å². The Kier molecular flexibility index (Phi) is 5.03. The maximum absolute atomic E-state index is 14.1. The van der Waals surface area contributed by atoms with Gasteiger partial charge in [0.1, 0.15) is 5.82 Å². The SMILES string of the molecule is Fc1c(Br)cccc1C(Br)c1cc(Br)ccc1Br. The van der Waals surface area contributed by atoms with Crippen molar-refractivity contribution in [2.24, 2.45) is 0 Å². The molecule has 2 aromatic rings. The van der Waals surface area contributed by atoms with Gasteiger partial charge in [-0.3, -0.25) is 0 Å². The number of hydrogen-bond donors (Lipinski definition) is 0. The van der Waals surface area contributed by atoms with Crippen molar-refractivity contribution in [2.75, 3.05) is 0 Å². The summed E-state index contributed by atoms with van der Waals surface area (Å²) in [4.78, 5) is -0.207. The Morgan fingerprint density at radius 1 is 0.889 bits per heavy atom. The van der Waals surface area contributed by atoms with Crippen LogP contribution in [-0.4, -0.2) is 0 Å². The van der Waals surface area contributed by atoms with Crippen molar-refractivity contribution < 1.29 is 4.39 Å². The quantitative estimate of drug-likeness (QED) is 0.407. The molecule has 2 rings (SSSR count). The smallest absolute Gasteiger partial charge is 0.142 e. The molecule has 0 radical (unpaired) electrons. The summed E-state index contributed by atoms with van der Waals surface area (Å²) < 4.78 is 16.4. The van der Waals surface area contributed by atoms with Gasteiger partial charge >= 0.3 is 0 Å². The Morgan fingerprint density at radius 3 is 2.33 bits per heavy atom. The molecular formula is C13H7Br4F. The van der Waals surface area contributed by atoms with E-state index in [4.69, 9.17) is 0 Å². The van der Waals surface area contributed by atoms with Crippen LogP contribution in [-0.2, 0) is 0 Å². The molecule has 0 aromatic heterocycles. The van der Waals surface area contributed by atoms with Gasteiger partial charge in [0.15, 0.2) is 0 Å². The zero-order chi connectivity index (χ0) is 13.3.